The number of rotatable bonds is 3. The highest BCUT2D eigenvalue weighted by atomic mass is 16.5. The van der Waals surface area contributed by atoms with Crippen molar-refractivity contribution in [1.29, 1.82) is 0 Å². The van der Waals surface area contributed by atoms with E-state index < -0.39 is 0 Å². The van der Waals surface area contributed by atoms with Crippen molar-refractivity contribution in [2.45, 2.75) is 12.1 Å². The summed E-state index contributed by atoms with van der Waals surface area (Å²) >= 11 is 0. The zero-order valence-corrected chi connectivity index (χ0v) is 23.3. The molecule has 10 rings (SSSR count). The summed E-state index contributed by atoms with van der Waals surface area (Å²) in [5.41, 5.74) is 5.92. The van der Waals surface area contributed by atoms with Crippen molar-refractivity contribution in [3.63, 3.8) is 0 Å². The zero-order chi connectivity index (χ0) is 35.7. The van der Waals surface area contributed by atoms with E-state index in [1.165, 1.54) is 5.56 Å². The third-order valence-corrected chi connectivity index (χ3v) is 9.07. The minimum Gasteiger partial charge on any atom is -0.469 e. The predicted molar refractivity (Wildman–Crippen MR) is 182 cm³/mol. The minimum atomic E-state index is -0.290. The number of anilines is 2. The van der Waals surface area contributed by atoms with Gasteiger partial charge in [0.15, 0.2) is 6.23 Å². The smallest absolute Gasteiger partial charge is 0.187 e. The second-order valence-electron chi connectivity index (χ2n) is 11.4. The van der Waals surface area contributed by atoms with Gasteiger partial charge in [-0.25, -0.2) is 0 Å². The van der Waals surface area contributed by atoms with Gasteiger partial charge in [-0.1, -0.05) is 127 Å². The van der Waals surface area contributed by atoms with Crippen LogP contribution in [0.15, 0.2) is 151 Å². The molecule has 2 aliphatic heterocycles. The lowest BCUT2D eigenvalue weighted by molar-refractivity contribution is 0.234. The number of benzene rings is 8. The molecule has 0 aromatic heterocycles. The van der Waals surface area contributed by atoms with Gasteiger partial charge in [-0.15, -0.1) is 0 Å². The molecule has 0 spiro atoms. The molecule has 2 nitrogen and oxygen atoms in total. The molecular weight excluding hydrogens is 534 g/mol. The number of para-hydroxylation sites is 2. The van der Waals surface area contributed by atoms with E-state index in [-0.39, 0.29) is 87.6 Å². The third kappa shape index (κ3) is 3.25. The van der Waals surface area contributed by atoms with Crippen molar-refractivity contribution < 1.29 is 15.7 Å². The first-order chi connectivity index (χ1) is 25.2. The molecule has 0 bridgehead atoms. The molecule has 0 aliphatic carbocycles. The number of ether oxygens (including phenoxy) is 1. The summed E-state index contributed by atoms with van der Waals surface area (Å²) < 4.78 is 79.8. The number of hydrogen-bond acceptors (Lipinski definition) is 2. The Morgan fingerprint density at radius 3 is 1.80 bits per heavy atom. The molecule has 2 heteroatoms. The lowest BCUT2D eigenvalue weighted by atomic mass is 9.87. The van der Waals surface area contributed by atoms with Gasteiger partial charge in [0, 0.05) is 16.9 Å². The second-order valence-corrected chi connectivity index (χ2v) is 11.4. The first-order valence-corrected chi connectivity index (χ1v) is 14.7. The predicted octanol–water partition coefficient (Wildman–Crippen LogP) is 10.9. The summed E-state index contributed by atoms with van der Waals surface area (Å²) in [6.45, 7) is 0. The van der Waals surface area contributed by atoms with Crippen molar-refractivity contribution in [2.24, 2.45) is 0 Å². The van der Waals surface area contributed by atoms with Crippen LogP contribution in [0, 0.1) is 0 Å². The van der Waals surface area contributed by atoms with Gasteiger partial charge in [0.1, 0.15) is 5.75 Å². The fourth-order valence-electron chi connectivity index (χ4n) is 7.13. The van der Waals surface area contributed by atoms with Crippen molar-refractivity contribution in [1.82, 2.24) is 0 Å². The monoisotopic (exact) mass is 569 g/mol. The zero-order valence-electron chi connectivity index (χ0n) is 31.3. The lowest BCUT2D eigenvalue weighted by Gasteiger charge is -2.27. The first-order valence-electron chi connectivity index (χ1n) is 18.7. The van der Waals surface area contributed by atoms with E-state index in [9.17, 15) is 4.11 Å². The van der Waals surface area contributed by atoms with E-state index in [1.54, 1.807) is 24.3 Å². The van der Waals surface area contributed by atoms with Crippen LogP contribution in [-0.2, 0) is 0 Å². The molecular formula is C42H27NO. The quantitative estimate of drug-likeness (QED) is 0.196. The highest BCUT2D eigenvalue weighted by molar-refractivity contribution is 6.27. The van der Waals surface area contributed by atoms with Crippen molar-refractivity contribution >= 4 is 43.7 Å². The van der Waals surface area contributed by atoms with Crippen LogP contribution in [0.1, 0.15) is 28.0 Å². The Labute approximate surface area is 267 Å². The Morgan fingerprint density at radius 2 is 1.09 bits per heavy atom. The molecule has 0 fully saturated rings. The average Bonchev–Trinajstić information content (AvgIpc) is 3.69. The molecule has 2 aliphatic rings. The Morgan fingerprint density at radius 1 is 0.523 bits per heavy atom. The van der Waals surface area contributed by atoms with Crippen molar-refractivity contribution in [2.75, 3.05) is 4.90 Å². The summed E-state index contributed by atoms with van der Waals surface area (Å²) in [4.78, 5) is 2.17. The van der Waals surface area contributed by atoms with Crippen LogP contribution in [0.5, 0.6) is 5.75 Å². The molecule has 0 N–H and O–H groups in total. The maximum absolute atomic E-state index is 9.30. The largest absolute Gasteiger partial charge is 0.469 e. The van der Waals surface area contributed by atoms with E-state index in [2.05, 4.69) is 23.1 Å². The summed E-state index contributed by atoms with van der Waals surface area (Å²) in [6, 6.07) is 30.9. The minimum absolute atomic E-state index is 0.0321. The summed E-state index contributed by atoms with van der Waals surface area (Å²) in [5, 5.41) is 1.12. The number of hydrogen-bond donors (Lipinski definition) is 0. The van der Waals surface area contributed by atoms with Gasteiger partial charge in [0.2, 0.25) is 0 Å². The number of fused-ring (bicyclic) bond motifs is 5. The molecule has 2 atom stereocenters. The maximum atomic E-state index is 9.30. The summed E-state index contributed by atoms with van der Waals surface area (Å²) in [6.07, 6.45) is -0.290. The second kappa shape index (κ2) is 8.95. The first kappa shape index (κ1) is 17.5. The van der Waals surface area contributed by atoms with Crippen LogP contribution >= 0.6 is 0 Å². The van der Waals surface area contributed by atoms with Gasteiger partial charge in [-0.3, -0.25) is 0 Å². The SMILES string of the molecule is [2H]c1c([2H])c2c([2H])c([2H])c3c(-c4ccc(N5c6ccccc6C6c7ccccc7OC65)cc4)c([2H])c([2H])c4c([2H])c([2H])c(c1-c1ccccc1)c2c43. The van der Waals surface area contributed by atoms with Crippen LogP contribution < -0.4 is 9.64 Å². The van der Waals surface area contributed by atoms with Crippen molar-refractivity contribution in [3.8, 4) is 28.0 Å². The Bertz CT molecular complexity index is 2820. The van der Waals surface area contributed by atoms with E-state index in [4.69, 9.17) is 11.6 Å². The molecule has 8 aromatic carbocycles. The van der Waals surface area contributed by atoms with Gasteiger partial charge in [0.25, 0.3) is 0 Å². The van der Waals surface area contributed by atoms with Gasteiger partial charge in [-0.2, -0.15) is 0 Å². The van der Waals surface area contributed by atoms with E-state index in [1.807, 2.05) is 60.7 Å². The van der Waals surface area contributed by atoms with Crippen LogP contribution in [0.4, 0.5) is 11.4 Å². The van der Waals surface area contributed by atoms with Crippen LogP contribution in [-0.4, -0.2) is 6.23 Å². The van der Waals surface area contributed by atoms with Gasteiger partial charge in [-0.05, 0) is 84.4 Å². The molecule has 0 radical (unpaired) electrons. The standard InChI is InChI=1S/C42H27NO/c1-2-8-26(9-3-1)31-22-16-28-19-25-34-32(23-17-29-18-24-33(31)39(28)40(29)34)27-14-20-30(21-15-27)43-37-12-6-4-10-35(37)41-36-11-5-7-13-38(36)44-42(41)43/h1-25,41-42H/i16D,17D,18D,19D,22D,23D,24D,25D. The van der Waals surface area contributed by atoms with Crippen LogP contribution in [0.2, 0.25) is 0 Å². The van der Waals surface area contributed by atoms with E-state index >= 15 is 0 Å². The molecule has 0 saturated heterocycles. The van der Waals surface area contributed by atoms with E-state index in [0.717, 1.165) is 22.7 Å². The third-order valence-electron chi connectivity index (χ3n) is 9.07. The lowest BCUT2D eigenvalue weighted by Crippen LogP contribution is -2.32. The fourth-order valence-corrected chi connectivity index (χ4v) is 7.13. The Hall–Kier alpha value is -5.60. The topological polar surface area (TPSA) is 12.5 Å². The van der Waals surface area contributed by atoms with Crippen LogP contribution in [0.3, 0.4) is 0 Å². The molecule has 206 valence electrons. The highest BCUT2D eigenvalue weighted by Crippen LogP contribution is 2.54. The van der Waals surface area contributed by atoms with E-state index in [0.29, 0.717) is 27.5 Å². The normalized spacial score (nSPS) is 19.3. The fraction of sp³-hybridized carbons (Fsp3) is 0.0476. The Balaban J connectivity index is 1.23. The maximum Gasteiger partial charge on any atom is 0.187 e. The summed E-state index contributed by atoms with van der Waals surface area (Å²) in [5.74, 6) is 0.885. The Kier molecular flexibility index (Phi) is 3.56. The molecule has 0 amide bonds. The molecule has 44 heavy (non-hydrogen) atoms. The van der Waals surface area contributed by atoms with Gasteiger partial charge in [0.05, 0.1) is 16.9 Å². The average molecular weight is 570 g/mol. The molecule has 8 aromatic rings. The highest BCUT2D eigenvalue weighted by Gasteiger charge is 2.46. The summed E-state index contributed by atoms with van der Waals surface area (Å²) in [7, 11) is 0. The number of nitrogens with zero attached hydrogens (tertiary/aromatic N) is 1. The van der Waals surface area contributed by atoms with Crippen molar-refractivity contribution in [3.05, 3.63) is 163 Å². The molecule has 2 heterocycles. The van der Waals surface area contributed by atoms with Gasteiger partial charge >= 0.3 is 0 Å². The molecule has 0 saturated carbocycles. The van der Waals surface area contributed by atoms with Gasteiger partial charge < -0.3 is 9.64 Å². The van der Waals surface area contributed by atoms with Crippen LogP contribution in [0.25, 0.3) is 54.6 Å². The molecule has 2 unspecified atom stereocenters.